The normalized spacial score (nSPS) is 18.8. The molecule has 1 unspecified atom stereocenters. The minimum absolute atomic E-state index is 0. The molecule has 0 radical (unpaired) electrons. The Hall–Kier alpha value is -0.0900. The van der Waals surface area contributed by atoms with Crippen molar-refractivity contribution in [1.82, 2.24) is 15.5 Å². The second-order valence-corrected chi connectivity index (χ2v) is 9.01. The standard InChI is InChI=1S/C16H34N4O2S.HI/c1-5-17-16(19-15(3)8-13-23(4,21)22)18-9-12-20-10-6-14(2)7-11-20;/h14-15H,5-13H2,1-4H3,(H2,17,18,19);1H. The first kappa shape index (κ1) is 23.9. The van der Waals surface area contributed by atoms with Gasteiger partial charge < -0.3 is 15.5 Å². The summed E-state index contributed by atoms with van der Waals surface area (Å²) in [4.78, 5) is 7.09. The lowest BCUT2D eigenvalue weighted by Gasteiger charge is -2.29. The van der Waals surface area contributed by atoms with Gasteiger partial charge >= 0.3 is 0 Å². The fraction of sp³-hybridized carbons (Fsp3) is 0.938. The predicted molar refractivity (Wildman–Crippen MR) is 113 cm³/mol. The zero-order valence-electron chi connectivity index (χ0n) is 15.5. The molecule has 0 aromatic rings. The van der Waals surface area contributed by atoms with E-state index in [9.17, 15) is 8.42 Å². The van der Waals surface area contributed by atoms with Gasteiger partial charge in [0.1, 0.15) is 9.84 Å². The lowest BCUT2D eigenvalue weighted by molar-refractivity contribution is 0.197. The fourth-order valence-electron chi connectivity index (χ4n) is 2.61. The summed E-state index contributed by atoms with van der Waals surface area (Å²) in [5, 5.41) is 6.52. The number of hydrogen-bond acceptors (Lipinski definition) is 4. The van der Waals surface area contributed by atoms with Crippen molar-refractivity contribution in [3.05, 3.63) is 0 Å². The Kier molecular flexibility index (Phi) is 12.2. The van der Waals surface area contributed by atoms with Crippen LogP contribution >= 0.6 is 24.0 Å². The van der Waals surface area contributed by atoms with Crippen LogP contribution in [-0.4, -0.2) is 70.1 Å². The molecule has 0 saturated carbocycles. The molecule has 0 bridgehead atoms. The fourth-order valence-corrected chi connectivity index (χ4v) is 3.39. The van der Waals surface area contributed by atoms with Crippen LogP contribution < -0.4 is 10.6 Å². The zero-order chi connectivity index (χ0) is 17.3. The van der Waals surface area contributed by atoms with Crippen molar-refractivity contribution in [2.75, 3.05) is 44.7 Å². The van der Waals surface area contributed by atoms with Crippen LogP contribution in [0, 0.1) is 5.92 Å². The molecule has 144 valence electrons. The van der Waals surface area contributed by atoms with Crippen molar-refractivity contribution in [2.45, 2.75) is 46.1 Å². The Balaban J connectivity index is 0.00000529. The van der Waals surface area contributed by atoms with Gasteiger partial charge in [-0.1, -0.05) is 6.92 Å². The van der Waals surface area contributed by atoms with Crippen LogP contribution in [0.15, 0.2) is 4.99 Å². The van der Waals surface area contributed by atoms with Crippen LogP contribution in [0.25, 0.3) is 0 Å². The minimum Gasteiger partial charge on any atom is -0.357 e. The number of nitrogens with zero attached hydrogens (tertiary/aromatic N) is 2. The van der Waals surface area contributed by atoms with Crippen molar-refractivity contribution in [3.8, 4) is 0 Å². The quantitative estimate of drug-likeness (QED) is 0.319. The number of hydrogen-bond donors (Lipinski definition) is 2. The van der Waals surface area contributed by atoms with E-state index in [1.165, 1.54) is 32.2 Å². The zero-order valence-corrected chi connectivity index (χ0v) is 18.7. The van der Waals surface area contributed by atoms with Crippen LogP contribution in [0.5, 0.6) is 0 Å². The van der Waals surface area contributed by atoms with E-state index in [1.54, 1.807) is 0 Å². The molecular formula is C16H35IN4O2S. The number of halogens is 1. The average Bonchev–Trinajstić information content (AvgIpc) is 2.47. The number of aliphatic imine (C=N–C) groups is 1. The van der Waals surface area contributed by atoms with Gasteiger partial charge in [0.2, 0.25) is 0 Å². The van der Waals surface area contributed by atoms with Crippen molar-refractivity contribution in [1.29, 1.82) is 0 Å². The highest BCUT2D eigenvalue weighted by molar-refractivity contribution is 14.0. The summed E-state index contributed by atoms with van der Waals surface area (Å²) in [6, 6.07) is 0.0818. The third-order valence-corrected chi connectivity index (χ3v) is 5.19. The van der Waals surface area contributed by atoms with Gasteiger partial charge in [0, 0.05) is 25.4 Å². The molecular weight excluding hydrogens is 439 g/mol. The highest BCUT2D eigenvalue weighted by Crippen LogP contribution is 2.15. The molecule has 0 aromatic heterocycles. The Labute approximate surface area is 165 Å². The molecule has 1 aliphatic heterocycles. The van der Waals surface area contributed by atoms with Gasteiger partial charge in [0.05, 0.1) is 12.3 Å². The second kappa shape index (κ2) is 12.3. The molecule has 8 heteroatoms. The van der Waals surface area contributed by atoms with E-state index in [-0.39, 0.29) is 35.8 Å². The molecule has 6 nitrogen and oxygen atoms in total. The van der Waals surface area contributed by atoms with Crippen LogP contribution in [-0.2, 0) is 9.84 Å². The lowest BCUT2D eigenvalue weighted by atomic mass is 9.99. The van der Waals surface area contributed by atoms with Gasteiger partial charge in [-0.2, -0.15) is 0 Å². The Bertz CT molecular complexity index is 463. The third kappa shape index (κ3) is 11.5. The Morgan fingerprint density at radius 3 is 2.50 bits per heavy atom. The summed E-state index contributed by atoms with van der Waals surface area (Å²) in [6.45, 7) is 11.2. The second-order valence-electron chi connectivity index (χ2n) is 6.75. The van der Waals surface area contributed by atoms with Gasteiger partial charge in [0.15, 0.2) is 5.96 Å². The van der Waals surface area contributed by atoms with Gasteiger partial charge in [-0.25, -0.2) is 8.42 Å². The molecule has 1 aliphatic rings. The molecule has 24 heavy (non-hydrogen) atoms. The molecule has 2 N–H and O–H groups in total. The Morgan fingerprint density at radius 1 is 1.33 bits per heavy atom. The number of nitrogens with one attached hydrogen (secondary N) is 2. The Morgan fingerprint density at radius 2 is 1.96 bits per heavy atom. The lowest BCUT2D eigenvalue weighted by Crippen LogP contribution is -2.43. The molecule has 0 amide bonds. The van der Waals surface area contributed by atoms with E-state index < -0.39 is 9.84 Å². The maximum Gasteiger partial charge on any atom is 0.191 e. The van der Waals surface area contributed by atoms with E-state index in [0.717, 1.165) is 31.5 Å². The summed E-state index contributed by atoms with van der Waals surface area (Å²) >= 11 is 0. The maximum atomic E-state index is 11.2. The summed E-state index contributed by atoms with van der Waals surface area (Å²) in [7, 11) is -2.91. The van der Waals surface area contributed by atoms with Gasteiger partial charge in [-0.05, 0) is 52.1 Å². The van der Waals surface area contributed by atoms with E-state index in [4.69, 9.17) is 0 Å². The minimum atomic E-state index is -2.91. The third-order valence-electron chi connectivity index (χ3n) is 4.21. The topological polar surface area (TPSA) is 73.8 Å². The van der Waals surface area contributed by atoms with Crippen LogP contribution in [0.2, 0.25) is 0 Å². The number of likely N-dealkylation sites (tertiary alicyclic amines) is 1. The smallest absolute Gasteiger partial charge is 0.191 e. The first-order chi connectivity index (χ1) is 10.8. The monoisotopic (exact) mass is 474 g/mol. The van der Waals surface area contributed by atoms with Crippen molar-refractivity contribution >= 4 is 39.8 Å². The molecule has 1 heterocycles. The highest BCUT2D eigenvalue weighted by Gasteiger charge is 2.15. The van der Waals surface area contributed by atoms with Crippen LogP contribution in [0.1, 0.15) is 40.0 Å². The molecule has 0 aliphatic carbocycles. The number of rotatable bonds is 8. The molecule has 1 rings (SSSR count). The van der Waals surface area contributed by atoms with Crippen molar-refractivity contribution in [3.63, 3.8) is 0 Å². The molecule has 0 aromatic carbocycles. The summed E-state index contributed by atoms with van der Waals surface area (Å²) in [5.41, 5.74) is 0. The van der Waals surface area contributed by atoms with E-state index in [2.05, 4.69) is 27.4 Å². The summed E-state index contributed by atoms with van der Waals surface area (Å²) < 4.78 is 22.5. The molecule has 1 fully saturated rings. The molecule has 1 saturated heterocycles. The summed E-state index contributed by atoms with van der Waals surface area (Å²) in [6.07, 6.45) is 4.43. The number of piperidine rings is 1. The number of sulfone groups is 1. The molecule has 0 spiro atoms. The number of guanidine groups is 1. The van der Waals surface area contributed by atoms with E-state index >= 15 is 0 Å². The average molecular weight is 474 g/mol. The van der Waals surface area contributed by atoms with Crippen molar-refractivity contribution < 1.29 is 8.42 Å². The predicted octanol–water partition coefficient (Wildman–Crippen LogP) is 1.71. The first-order valence-electron chi connectivity index (χ1n) is 8.75. The van der Waals surface area contributed by atoms with Gasteiger partial charge in [0.25, 0.3) is 0 Å². The van der Waals surface area contributed by atoms with Crippen LogP contribution in [0.3, 0.4) is 0 Å². The first-order valence-corrected chi connectivity index (χ1v) is 10.8. The van der Waals surface area contributed by atoms with Crippen molar-refractivity contribution in [2.24, 2.45) is 10.9 Å². The van der Waals surface area contributed by atoms with E-state index in [0.29, 0.717) is 6.42 Å². The van der Waals surface area contributed by atoms with Crippen LogP contribution in [0.4, 0.5) is 0 Å². The van der Waals surface area contributed by atoms with E-state index in [1.807, 2.05) is 13.8 Å². The van der Waals surface area contributed by atoms with Gasteiger partial charge in [-0.3, -0.25) is 4.99 Å². The SMILES string of the molecule is CCNC(=NCCN1CCC(C)CC1)NC(C)CCS(C)(=O)=O.I. The molecule has 1 atom stereocenters. The largest absolute Gasteiger partial charge is 0.357 e. The van der Waals surface area contributed by atoms with Gasteiger partial charge in [-0.15, -0.1) is 24.0 Å². The highest BCUT2D eigenvalue weighted by atomic mass is 127. The maximum absolute atomic E-state index is 11.2. The summed E-state index contributed by atoms with van der Waals surface area (Å²) in [5.74, 6) is 1.83.